The molecule has 106 valence electrons. The number of likely N-dealkylation sites (N-methyl/N-ethyl adjacent to an activating group) is 1. The molecule has 0 aliphatic heterocycles. The summed E-state index contributed by atoms with van der Waals surface area (Å²) in [7, 11) is 2.04. The van der Waals surface area contributed by atoms with Crippen molar-refractivity contribution in [1.82, 2.24) is 9.97 Å². The second-order valence-electron chi connectivity index (χ2n) is 5.50. The zero-order valence-electron chi connectivity index (χ0n) is 11.9. The molecule has 0 unspecified atom stereocenters. The zero-order chi connectivity index (χ0) is 13.8. The van der Waals surface area contributed by atoms with Crippen molar-refractivity contribution in [3.05, 3.63) is 16.5 Å². The Labute approximate surface area is 123 Å². The molecule has 1 aromatic heterocycles. The van der Waals surface area contributed by atoms with Gasteiger partial charge in [0.05, 0.1) is 6.61 Å². The van der Waals surface area contributed by atoms with Gasteiger partial charge in [0.15, 0.2) is 0 Å². The minimum atomic E-state index is 0.329. The van der Waals surface area contributed by atoms with Crippen molar-refractivity contribution < 1.29 is 4.74 Å². The Morgan fingerprint density at radius 2 is 2.16 bits per heavy atom. The molecule has 5 heteroatoms. The maximum atomic E-state index is 5.66. The van der Waals surface area contributed by atoms with E-state index in [2.05, 4.69) is 44.6 Å². The second-order valence-corrected chi connectivity index (χ2v) is 6.31. The topological polar surface area (TPSA) is 38.2 Å². The number of ether oxygens (including phenoxy) is 1. The molecule has 1 aromatic rings. The first-order valence-electron chi connectivity index (χ1n) is 6.89. The summed E-state index contributed by atoms with van der Waals surface area (Å²) in [6, 6.07) is 1.95. The van der Waals surface area contributed by atoms with Gasteiger partial charge in [0.25, 0.3) is 0 Å². The summed E-state index contributed by atoms with van der Waals surface area (Å²) in [5, 5.41) is 0. The fraction of sp³-hybridized carbons (Fsp3) is 0.714. The van der Waals surface area contributed by atoms with Gasteiger partial charge in [0.1, 0.15) is 16.2 Å². The molecule has 0 saturated heterocycles. The molecule has 1 aliphatic rings. The van der Waals surface area contributed by atoms with Crippen LogP contribution in [-0.4, -0.2) is 36.8 Å². The molecular weight excluding hydrogens is 306 g/mol. The van der Waals surface area contributed by atoms with E-state index in [1.165, 1.54) is 12.8 Å². The largest absolute Gasteiger partial charge is 0.379 e. The van der Waals surface area contributed by atoms with Crippen LogP contribution < -0.4 is 4.90 Å². The van der Waals surface area contributed by atoms with E-state index in [9.17, 15) is 0 Å². The van der Waals surface area contributed by atoms with Crippen LogP contribution in [0.3, 0.4) is 0 Å². The van der Waals surface area contributed by atoms with Crippen molar-refractivity contribution in [3.63, 3.8) is 0 Å². The number of halogens is 1. The van der Waals surface area contributed by atoms with E-state index in [-0.39, 0.29) is 0 Å². The lowest BCUT2D eigenvalue weighted by Gasteiger charge is -2.19. The van der Waals surface area contributed by atoms with Gasteiger partial charge in [-0.1, -0.05) is 13.8 Å². The molecule has 0 N–H and O–H groups in total. The highest BCUT2D eigenvalue weighted by Gasteiger charge is 2.21. The van der Waals surface area contributed by atoms with Crippen molar-refractivity contribution in [2.45, 2.75) is 32.6 Å². The van der Waals surface area contributed by atoms with Gasteiger partial charge in [0, 0.05) is 32.2 Å². The van der Waals surface area contributed by atoms with E-state index in [1.54, 1.807) is 0 Å². The molecule has 1 aliphatic carbocycles. The molecule has 0 spiro atoms. The predicted molar refractivity (Wildman–Crippen MR) is 80.6 cm³/mol. The summed E-state index contributed by atoms with van der Waals surface area (Å²) in [6.07, 6.45) is 2.68. The molecule has 2 rings (SSSR count). The quantitative estimate of drug-likeness (QED) is 0.569. The van der Waals surface area contributed by atoms with E-state index in [1.807, 2.05) is 13.1 Å². The van der Waals surface area contributed by atoms with Gasteiger partial charge >= 0.3 is 0 Å². The van der Waals surface area contributed by atoms with E-state index < -0.39 is 0 Å². The van der Waals surface area contributed by atoms with Crippen LogP contribution in [0.4, 0.5) is 5.82 Å². The van der Waals surface area contributed by atoms with Gasteiger partial charge < -0.3 is 9.64 Å². The van der Waals surface area contributed by atoms with Crippen LogP contribution in [0.5, 0.6) is 0 Å². The fourth-order valence-electron chi connectivity index (χ4n) is 1.73. The number of anilines is 1. The second kappa shape index (κ2) is 6.66. The maximum absolute atomic E-state index is 5.66. The zero-order valence-corrected chi connectivity index (χ0v) is 13.5. The summed E-state index contributed by atoms with van der Waals surface area (Å²) < 4.78 is 6.50. The monoisotopic (exact) mass is 327 g/mol. The molecule has 1 fully saturated rings. The van der Waals surface area contributed by atoms with E-state index in [4.69, 9.17) is 4.74 Å². The molecule has 0 amide bonds. The number of rotatable bonds is 7. The lowest BCUT2D eigenvalue weighted by molar-refractivity contribution is 0.131. The van der Waals surface area contributed by atoms with Crippen LogP contribution in [-0.2, 0) is 4.74 Å². The van der Waals surface area contributed by atoms with Gasteiger partial charge in [-0.05, 0) is 34.7 Å². The van der Waals surface area contributed by atoms with Crippen LogP contribution >= 0.6 is 15.9 Å². The molecule has 1 saturated carbocycles. The van der Waals surface area contributed by atoms with E-state index >= 15 is 0 Å². The number of hydrogen-bond acceptors (Lipinski definition) is 4. The first kappa shape index (κ1) is 14.7. The standard InChI is InChI=1S/C14H22BrN3O/c1-10(2)14-16-12(15)8-13(17-14)18(3)6-7-19-9-11-4-5-11/h8,10-11H,4-7,9H2,1-3H3. The molecule has 1 heterocycles. The van der Waals surface area contributed by atoms with Gasteiger partial charge in [-0.3, -0.25) is 0 Å². The summed E-state index contributed by atoms with van der Waals surface area (Å²) in [5.74, 6) is 2.97. The minimum absolute atomic E-state index is 0.329. The van der Waals surface area contributed by atoms with Gasteiger partial charge in [-0.2, -0.15) is 0 Å². The van der Waals surface area contributed by atoms with Crippen molar-refractivity contribution in [2.24, 2.45) is 5.92 Å². The summed E-state index contributed by atoms with van der Waals surface area (Å²) >= 11 is 3.45. The smallest absolute Gasteiger partial charge is 0.134 e. The molecular formula is C14H22BrN3O. The summed E-state index contributed by atoms with van der Waals surface area (Å²) in [6.45, 7) is 6.73. The Morgan fingerprint density at radius 3 is 2.79 bits per heavy atom. The maximum Gasteiger partial charge on any atom is 0.134 e. The van der Waals surface area contributed by atoms with Gasteiger partial charge in [-0.25, -0.2) is 9.97 Å². The Bertz CT molecular complexity index is 421. The van der Waals surface area contributed by atoms with E-state index in [0.29, 0.717) is 5.92 Å². The molecule has 0 radical (unpaired) electrons. The Kier molecular flexibility index (Phi) is 5.16. The van der Waals surface area contributed by atoms with Gasteiger partial charge in [0.2, 0.25) is 0 Å². The van der Waals surface area contributed by atoms with Crippen LogP contribution in [0.1, 0.15) is 38.4 Å². The Morgan fingerprint density at radius 1 is 1.42 bits per heavy atom. The summed E-state index contributed by atoms with van der Waals surface area (Å²) in [5.41, 5.74) is 0. The fourth-order valence-corrected chi connectivity index (χ4v) is 2.11. The van der Waals surface area contributed by atoms with Crippen molar-refractivity contribution in [3.8, 4) is 0 Å². The first-order chi connectivity index (χ1) is 9.06. The Balaban J connectivity index is 1.87. The number of nitrogens with zero attached hydrogens (tertiary/aromatic N) is 3. The highest BCUT2D eigenvalue weighted by atomic mass is 79.9. The van der Waals surface area contributed by atoms with Crippen LogP contribution in [0.25, 0.3) is 0 Å². The van der Waals surface area contributed by atoms with Crippen LogP contribution in [0.2, 0.25) is 0 Å². The predicted octanol–water partition coefficient (Wildman–Crippen LogP) is 3.23. The van der Waals surface area contributed by atoms with Crippen molar-refractivity contribution in [2.75, 3.05) is 31.7 Å². The summed E-state index contributed by atoms with van der Waals surface area (Å²) in [4.78, 5) is 11.1. The number of hydrogen-bond donors (Lipinski definition) is 0. The minimum Gasteiger partial charge on any atom is -0.379 e. The highest BCUT2D eigenvalue weighted by molar-refractivity contribution is 9.10. The van der Waals surface area contributed by atoms with Gasteiger partial charge in [-0.15, -0.1) is 0 Å². The van der Waals surface area contributed by atoms with Crippen LogP contribution in [0, 0.1) is 5.92 Å². The third kappa shape index (κ3) is 4.73. The normalized spacial score (nSPS) is 15.0. The highest BCUT2D eigenvalue weighted by Crippen LogP contribution is 2.28. The Hall–Kier alpha value is -0.680. The molecule has 4 nitrogen and oxygen atoms in total. The average molecular weight is 328 g/mol. The first-order valence-corrected chi connectivity index (χ1v) is 7.69. The lowest BCUT2D eigenvalue weighted by atomic mass is 10.2. The SMILES string of the molecule is CC(C)c1nc(Br)cc(N(C)CCOCC2CC2)n1. The average Bonchev–Trinajstić information content (AvgIpc) is 3.17. The molecule has 0 aromatic carbocycles. The van der Waals surface area contributed by atoms with Crippen molar-refractivity contribution in [1.29, 1.82) is 0 Å². The molecule has 0 atom stereocenters. The third-order valence-corrected chi connectivity index (χ3v) is 3.63. The molecule has 19 heavy (non-hydrogen) atoms. The third-order valence-electron chi connectivity index (χ3n) is 3.23. The molecule has 0 bridgehead atoms. The van der Waals surface area contributed by atoms with Crippen LogP contribution in [0.15, 0.2) is 10.7 Å². The number of aromatic nitrogens is 2. The van der Waals surface area contributed by atoms with Crippen molar-refractivity contribution >= 4 is 21.7 Å². The lowest BCUT2D eigenvalue weighted by Crippen LogP contribution is -2.24. The van der Waals surface area contributed by atoms with E-state index in [0.717, 1.165) is 41.9 Å².